The highest BCUT2D eigenvalue weighted by molar-refractivity contribution is 5.96. The van der Waals surface area contributed by atoms with Crippen molar-refractivity contribution in [1.29, 1.82) is 0 Å². The van der Waals surface area contributed by atoms with E-state index in [0.717, 1.165) is 11.8 Å². The van der Waals surface area contributed by atoms with Gasteiger partial charge in [0.2, 0.25) is 0 Å². The van der Waals surface area contributed by atoms with E-state index in [-0.39, 0.29) is 18.0 Å². The van der Waals surface area contributed by atoms with Gasteiger partial charge >= 0.3 is 0 Å². The van der Waals surface area contributed by atoms with Crippen molar-refractivity contribution in [3.8, 4) is 12.3 Å². The highest BCUT2D eigenvalue weighted by atomic mass is 16.2. The van der Waals surface area contributed by atoms with Gasteiger partial charge in [-0.1, -0.05) is 31.0 Å². The summed E-state index contributed by atoms with van der Waals surface area (Å²) < 4.78 is 1.51. The molecule has 0 radical (unpaired) electrons. The fraction of sp³-hybridized carbons (Fsp3) is 0.250. The number of nitrogens with one attached hydrogen (secondary N) is 1. The van der Waals surface area contributed by atoms with Crippen LogP contribution in [0.3, 0.4) is 0 Å². The van der Waals surface area contributed by atoms with E-state index < -0.39 is 0 Å². The van der Waals surface area contributed by atoms with Gasteiger partial charge < -0.3 is 9.88 Å². The van der Waals surface area contributed by atoms with Crippen LogP contribution in [0.4, 0.5) is 0 Å². The van der Waals surface area contributed by atoms with Crippen LogP contribution in [0.15, 0.2) is 35.1 Å². The van der Waals surface area contributed by atoms with Crippen LogP contribution in [0.5, 0.6) is 0 Å². The smallest absolute Gasteiger partial charge is 0.268 e. The van der Waals surface area contributed by atoms with E-state index in [1.54, 1.807) is 12.1 Å². The Morgan fingerprint density at radius 3 is 2.85 bits per heavy atom. The molecule has 1 N–H and O–H groups in total. The molecule has 0 saturated heterocycles. The summed E-state index contributed by atoms with van der Waals surface area (Å²) in [6, 6.07) is 8.99. The molecule has 0 spiro atoms. The standard InChI is InChI=1S/C16H16N2O2/c1-3-9-17-15(19)14-11-12-7-5-6-8-13(12)16(20)18(14)10-4-2/h1,5-8,11H,4,9-10H2,2H3,(H,17,19). The Morgan fingerprint density at radius 1 is 1.40 bits per heavy atom. The summed E-state index contributed by atoms with van der Waals surface area (Å²) in [4.78, 5) is 24.6. The van der Waals surface area contributed by atoms with Crippen molar-refractivity contribution in [2.24, 2.45) is 0 Å². The molecule has 0 aliphatic heterocycles. The largest absolute Gasteiger partial charge is 0.340 e. The number of hydrogen-bond donors (Lipinski definition) is 1. The number of pyridine rings is 1. The Labute approximate surface area is 117 Å². The van der Waals surface area contributed by atoms with Crippen LogP contribution in [0.25, 0.3) is 10.8 Å². The Hall–Kier alpha value is -2.54. The number of terminal acetylenes is 1. The van der Waals surface area contributed by atoms with E-state index in [9.17, 15) is 9.59 Å². The molecule has 1 aromatic carbocycles. The molecule has 0 unspecified atom stereocenters. The van der Waals surface area contributed by atoms with Gasteiger partial charge in [-0.05, 0) is 23.9 Å². The monoisotopic (exact) mass is 268 g/mol. The molecular formula is C16H16N2O2. The summed E-state index contributed by atoms with van der Waals surface area (Å²) >= 11 is 0. The van der Waals surface area contributed by atoms with Gasteiger partial charge in [-0.25, -0.2) is 0 Å². The van der Waals surface area contributed by atoms with Gasteiger partial charge in [-0.2, -0.15) is 0 Å². The van der Waals surface area contributed by atoms with Gasteiger partial charge in [-0.3, -0.25) is 9.59 Å². The van der Waals surface area contributed by atoms with Crippen molar-refractivity contribution < 1.29 is 4.79 Å². The Morgan fingerprint density at radius 2 is 2.15 bits per heavy atom. The molecular weight excluding hydrogens is 252 g/mol. The van der Waals surface area contributed by atoms with Crippen molar-refractivity contribution in [3.05, 3.63) is 46.4 Å². The number of carbonyl (C=O) groups is 1. The number of nitrogens with zero attached hydrogens (tertiary/aromatic N) is 1. The molecule has 102 valence electrons. The zero-order chi connectivity index (χ0) is 14.5. The summed E-state index contributed by atoms with van der Waals surface area (Å²) in [7, 11) is 0. The van der Waals surface area contributed by atoms with E-state index in [4.69, 9.17) is 6.42 Å². The number of amides is 1. The summed E-state index contributed by atoms with van der Waals surface area (Å²) in [5.74, 6) is 2.03. The maximum absolute atomic E-state index is 12.5. The molecule has 2 aromatic rings. The van der Waals surface area contributed by atoms with E-state index in [2.05, 4.69) is 11.2 Å². The van der Waals surface area contributed by atoms with Crippen LogP contribution < -0.4 is 10.9 Å². The molecule has 4 heteroatoms. The number of benzene rings is 1. The minimum atomic E-state index is -0.320. The lowest BCUT2D eigenvalue weighted by molar-refractivity contribution is 0.0948. The molecule has 0 bridgehead atoms. The molecule has 0 aliphatic rings. The fourth-order valence-electron chi connectivity index (χ4n) is 2.15. The molecule has 0 fully saturated rings. The second kappa shape index (κ2) is 6.07. The molecule has 20 heavy (non-hydrogen) atoms. The third-order valence-corrected chi connectivity index (χ3v) is 3.05. The van der Waals surface area contributed by atoms with Crippen LogP contribution >= 0.6 is 0 Å². The first-order valence-electron chi connectivity index (χ1n) is 6.53. The Kier molecular flexibility index (Phi) is 4.21. The first kappa shape index (κ1) is 13.9. The molecule has 1 amide bonds. The van der Waals surface area contributed by atoms with Gasteiger partial charge in [0, 0.05) is 11.9 Å². The van der Waals surface area contributed by atoms with Crippen LogP contribution in [0.1, 0.15) is 23.8 Å². The Balaban J connectivity index is 2.62. The predicted molar refractivity (Wildman–Crippen MR) is 79.7 cm³/mol. The summed E-state index contributed by atoms with van der Waals surface area (Å²) in [6.45, 7) is 2.61. The van der Waals surface area contributed by atoms with Crippen molar-refractivity contribution >= 4 is 16.7 Å². The first-order valence-corrected chi connectivity index (χ1v) is 6.53. The fourth-order valence-corrected chi connectivity index (χ4v) is 2.15. The van der Waals surface area contributed by atoms with E-state index in [0.29, 0.717) is 17.6 Å². The minimum absolute atomic E-state index is 0.143. The van der Waals surface area contributed by atoms with Crippen molar-refractivity contribution in [3.63, 3.8) is 0 Å². The number of rotatable bonds is 4. The topological polar surface area (TPSA) is 51.1 Å². The van der Waals surface area contributed by atoms with Crippen LogP contribution in [0, 0.1) is 12.3 Å². The second-order valence-corrected chi connectivity index (χ2v) is 4.46. The number of carbonyl (C=O) groups excluding carboxylic acids is 1. The van der Waals surface area contributed by atoms with Crippen LogP contribution in [-0.2, 0) is 6.54 Å². The zero-order valence-corrected chi connectivity index (χ0v) is 11.3. The number of fused-ring (bicyclic) bond motifs is 1. The van der Waals surface area contributed by atoms with Gasteiger partial charge in [-0.15, -0.1) is 6.42 Å². The molecule has 0 aliphatic carbocycles. The normalized spacial score (nSPS) is 10.2. The third-order valence-electron chi connectivity index (χ3n) is 3.05. The molecule has 0 atom stereocenters. The minimum Gasteiger partial charge on any atom is -0.340 e. The van der Waals surface area contributed by atoms with Crippen LogP contribution in [0.2, 0.25) is 0 Å². The molecule has 1 heterocycles. The van der Waals surface area contributed by atoms with Crippen LogP contribution in [-0.4, -0.2) is 17.0 Å². The Bertz CT molecular complexity index is 738. The van der Waals surface area contributed by atoms with Crippen molar-refractivity contribution in [2.45, 2.75) is 19.9 Å². The molecule has 4 nitrogen and oxygen atoms in total. The summed E-state index contributed by atoms with van der Waals surface area (Å²) in [5, 5.41) is 3.98. The lowest BCUT2D eigenvalue weighted by Gasteiger charge is -2.13. The van der Waals surface area contributed by atoms with E-state index >= 15 is 0 Å². The van der Waals surface area contributed by atoms with Gasteiger partial charge in [0.25, 0.3) is 11.5 Å². The first-order chi connectivity index (χ1) is 9.69. The predicted octanol–water partition coefficient (Wildman–Crippen LogP) is 1.77. The van der Waals surface area contributed by atoms with Gasteiger partial charge in [0.15, 0.2) is 0 Å². The summed E-state index contributed by atoms with van der Waals surface area (Å²) in [5.41, 5.74) is 0.210. The number of aromatic nitrogens is 1. The maximum atomic E-state index is 12.5. The lowest BCUT2D eigenvalue weighted by Crippen LogP contribution is -2.32. The van der Waals surface area contributed by atoms with Gasteiger partial charge in [0.05, 0.1) is 6.54 Å². The average molecular weight is 268 g/mol. The van der Waals surface area contributed by atoms with Gasteiger partial charge in [0.1, 0.15) is 5.69 Å². The summed E-state index contributed by atoms with van der Waals surface area (Å²) in [6.07, 6.45) is 5.91. The lowest BCUT2D eigenvalue weighted by atomic mass is 10.1. The van der Waals surface area contributed by atoms with Crippen molar-refractivity contribution in [1.82, 2.24) is 9.88 Å². The molecule has 1 aromatic heterocycles. The van der Waals surface area contributed by atoms with E-state index in [1.807, 2.05) is 25.1 Å². The quantitative estimate of drug-likeness (QED) is 0.859. The average Bonchev–Trinajstić information content (AvgIpc) is 2.47. The zero-order valence-electron chi connectivity index (χ0n) is 11.3. The number of hydrogen-bond acceptors (Lipinski definition) is 2. The third kappa shape index (κ3) is 2.57. The van der Waals surface area contributed by atoms with Crippen molar-refractivity contribution in [2.75, 3.05) is 6.54 Å². The highest BCUT2D eigenvalue weighted by Crippen LogP contribution is 2.12. The SMILES string of the molecule is C#CCNC(=O)c1cc2ccccc2c(=O)n1CCC. The molecule has 0 saturated carbocycles. The second-order valence-electron chi connectivity index (χ2n) is 4.46. The highest BCUT2D eigenvalue weighted by Gasteiger charge is 2.14. The maximum Gasteiger partial charge on any atom is 0.268 e. The van der Waals surface area contributed by atoms with E-state index in [1.165, 1.54) is 4.57 Å². The molecule has 2 rings (SSSR count).